The van der Waals surface area contributed by atoms with E-state index in [4.69, 9.17) is 5.73 Å². The zero-order valence-electron chi connectivity index (χ0n) is 23.3. The summed E-state index contributed by atoms with van der Waals surface area (Å²) in [5, 5.41) is 12.9. The van der Waals surface area contributed by atoms with Crippen LogP contribution in [0, 0.1) is 11.8 Å². The Hall–Kier alpha value is -3.80. The molecule has 0 fully saturated rings. The Labute approximate surface area is 229 Å². The maximum Gasteiger partial charge on any atom is 0.243 e. The summed E-state index contributed by atoms with van der Waals surface area (Å²) in [6.45, 7) is 8.24. The molecule has 0 aliphatic rings. The van der Waals surface area contributed by atoms with Gasteiger partial charge in [-0.1, -0.05) is 58.0 Å². The number of amides is 5. The largest absolute Gasteiger partial charge is 0.348 e. The summed E-state index contributed by atoms with van der Waals surface area (Å²) in [6, 6.07) is 5.13. The molecule has 1 aromatic rings. The van der Waals surface area contributed by atoms with Crippen LogP contribution in [0.2, 0.25) is 0 Å². The molecule has 4 atom stereocenters. The van der Waals surface area contributed by atoms with E-state index in [0.717, 1.165) is 5.56 Å². The van der Waals surface area contributed by atoms with Crippen molar-refractivity contribution < 1.29 is 28.8 Å². The molecule has 216 valence electrons. The minimum atomic E-state index is -1.04. The van der Waals surface area contributed by atoms with Gasteiger partial charge in [-0.05, 0) is 30.7 Å². The molecule has 0 aliphatic heterocycles. The van der Waals surface area contributed by atoms with E-state index < -0.39 is 53.7 Å². The van der Waals surface area contributed by atoms with Crippen LogP contribution in [0.3, 0.4) is 0 Å². The molecule has 5 amide bonds. The van der Waals surface area contributed by atoms with E-state index in [2.05, 4.69) is 26.6 Å². The van der Waals surface area contributed by atoms with Crippen LogP contribution in [0.25, 0.3) is 0 Å². The van der Waals surface area contributed by atoms with Crippen LogP contribution in [-0.2, 0) is 35.2 Å². The average Bonchev–Trinajstić information content (AvgIpc) is 2.89. The van der Waals surface area contributed by atoms with Gasteiger partial charge in [-0.3, -0.25) is 24.0 Å². The minimum Gasteiger partial charge on any atom is -0.348 e. The molecule has 39 heavy (non-hydrogen) atoms. The molecule has 0 spiro atoms. The van der Waals surface area contributed by atoms with Gasteiger partial charge in [0.15, 0.2) is 0 Å². The van der Waals surface area contributed by atoms with Gasteiger partial charge in [0, 0.05) is 6.42 Å². The van der Waals surface area contributed by atoms with Gasteiger partial charge in [0.1, 0.15) is 30.5 Å². The third-order valence-corrected chi connectivity index (χ3v) is 5.82. The molecule has 0 saturated heterocycles. The van der Waals surface area contributed by atoms with Gasteiger partial charge in [0.2, 0.25) is 29.5 Å². The summed E-state index contributed by atoms with van der Waals surface area (Å²) >= 11 is 0. The van der Waals surface area contributed by atoms with Crippen molar-refractivity contribution in [2.24, 2.45) is 17.6 Å². The van der Waals surface area contributed by atoms with Crippen molar-refractivity contribution in [1.29, 1.82) is 0 Å². The smallest absolute Gasteiger partial charge is 0.243 e. The first-order valence-corrected chi connectivity index (χ1v) is 13.0. The molecule has 1 rings (SSSR count). The van der Waals surface area contributed by atoms with Crippen molar-refractivity contribution >= 4 is 35.8 Å². The second-order valence-corrected chi connectivity index (χ2v) is 10.1. The van der Waals surface area contributed by atoms with Gasteiger partial charge in [-0.25, -0.2) is 0 Å². The number of rotatable bonds is 16. The highest BCUT2D eigenvalue weighted by Gasteiger charge is 2.31. The maximum absolute atomic E-state index is 13.1. The monoisotopic (exact) mass is 546 g/mol. The number of hydrogen-bond donors (Lipinski definition) is 6. The Kier molecular flexibility index (Phi) is 14.4. The zero-order valence-corrected chi connectivity index (χ0v) is 23.3. The van der Waals surface area contributed by atoms with E-state index in [1.54, 1.807) is 38.1 Å². The second kappa shape index (κ2) is 16.9. The van der Waals surface area contributed by atoms with Crippen LogP contribution >= 0.6 is 0 Å². The number of carbonyl (C=O) groups is 6. The lowest BCUT2D eigenvalue weighted by Gasteiger charge is -2.27. The maximum atomic E-state index is 13.1. The van der Waals surface area contributed by atoms with E-state index in [9.17, 15) is 28.8 Å². The van der Waals surface area contributed by atoms with Crippen molar-refractivity contribution in [2.45, 2.75) is 71.6 Å². The summed E-state index contributed by atoms with van der Waals surface area (Å²) in [5.41, 5.74) is 6.15. The first kappa shape index (κ1) is 33.2. The number of nitrogens with two attached hydrogens (primary N) is 1. The van der Waals surface area contributed by atoms with Crippen molar-refractivity contribution in [3.8, 4) is 0 Å². The van der Waals surface area contributed by atoms with Crippen LogP contribution in [0.4, 0.5) is 0 Å². The predicted molar refractivity (Wildman–Crippen MR) is 146 cm³/mol. The normalized spacial score (nSPS) is 13.9. The fraction of sp³-hybridized carbons (Fsp3) is 0.556. The topological polar surface area (TPSA) is 189 Å². The van der Waals surface area contributed by atoms with Crippen molar-refractivity contribution in [3.05, 3.63) is 35.9 Å². The van der Waals surface area contributed by atoms with Crippen molar-refractivity contribution in [3.63, 3.8) is 0 Å². The average molecular weight is 547 g/mol. The van der Waals surface area contributed by atoms with E-state index in [1.807, 2.05) is 19.9 Å². The fourth-order valence-corrected chi connectivity index (χ4v) is 3.73. The third-order valence-electron chi connectivity index (χ3n) is 5.82. The van der Waals surface area contributed by atoms with Crippen molar-refractivity contribution in [1.82, 2.24) is 26.6 Å². The molecule has 12 heteroatoms. The lowest BCUT2D eigenvalue weighted by molar-refractivity contribution is -0.135. The molecule has 12 nitrogen and oxygen atoms in total. The molecular weight excluding hydrogens is 504 g/mol. The molecule has 0 aromatic heterocycles. The van der Waals surface area contributed by atoms with Crippen LogP contribution in [0.1, 0.15) is 46.6 Å². The molecule has 0 heterocycles. The lowest BCUT2D eigenvalue weighted by Crippen LogP contribution is -2.59. The Balaban J connectivity index is 2.95. The molecule has 1 aromatic carbocycles. The van der Waals surface area contributed by atoms with Gasteiger partial charge in [0.25, 0.3) is 0 Å². The molecule has 0 bridgehead atoms. The number of aldehydes is 1. The van der Waals surface area contributed by atoms with E-state index in [1.165, 1.54) is 6.92 Å². The number of hydrogen-bond acceptors (Lipinski definition) is 7. The van der Waals surface area contributed by atoms with Crippen LogP contribution in [-0.4, -0.2) is 73.1 Å². The first-order chi connectivity index (χ1) is 18.4. The minimum absolute atomic E-state index is 0.0260. The Morgan fingerprint density at radius 3 is 1.95 bits per heavy atom. The van der Waals surface area contributed by atoms with Gasteiger partial charge in [-0.15, -0.1) is 0 Å². The van der Waals surface area contributed by atoms with E-state index in [0.29, 0.717) is 6.29 Å². The highest BCUT2D eigenvalue weighted by atomic mass is 16.2. The van der Waals surface area contributed by atoms with Gasteiger partial charge < -0.3 is 37.1 Å². The first-order valence-electron chi connectivity index (χ1n) is 13.0. The SMILES string of the molecule is CC(C)C[C@H](NC(=O)[C@@H](NC(=O)CN)C(C)C)C(=O)N[C@@H](C)C(=O)N[C@@H](Cc1ccccc1)C(=O)NCC=O. The fourth-order valence-electron chi connectivity index (χ4n) is 3.73. The van der Waals surface area contributed by atoms with E-state index >= 15 is 0 Å². The van der Waals surface area contributed by atoms with Gasteiger partial charge in [-0.2, -0.15) is 0 Å². The Morgan fingerprint density at radius 1 is 0.795 bits per heavy atom. The summed E-state index contributed by atoms with van der Waals surface area (Å²) < 4.78 is 0. The number of carbonyl (C=O) groups excluding carboxylic acids is 6. The summed E-state index contributed by atoms with van der Waals surface area (Å²) in [7, 11) is 0. The predicted octanol–water partition coefficient (Wildman–Crippen LogP) is -0.836. The number of nitrogens with one attached hydrogen (secondary N) is 5. The second-order valence-electron chi connectivity index (χ2n) is 10.1. The number of benzene rings is 1. The summed E-state index contributed by atoms with van der Waals surface area (Å²) in [6.07, 6.45) is 0.998. The molecule has 7 N–H and O–H groups in total. The Morgan fingerprint density at radius 2 is 1.41 bits per heavy atom. The van der Waals surface area contributed by atoms with Gasteiger partial charge in [0.05, 0.1) is 13.1 Å². The molecule has 0 unspecified atom stereocenters. The van der Waals surface area contributed by atoms with Crippen molar-refractivity contribution in [2.75, 3.05) is 13.1 Å². The highest BCUT2D eigenvalue weighted by molar-refractivity contribution is 5.95. The molecular formula is C27H42N6O6. The Bertz CT molecular complexity index is 984. The summed E-state index contributed by atoms with van der Waals surface area (Å²) in [4.78, 5) is 74.1. The summed E-state index contributed by atoms with van der Waals surface area (Å²) in [5.74, 6) is -3.02. The zero-order chi connectivity index (χ0) is 29.5. The van der Waals surface area contributed by atoms with Gasteiger partial charge >= 0.3 is 0 Å². The highest BCUT2D eigenvalue weighted by Crippen LogP contribution is 2.09. The standard InChI is InChI=1S/C27H42N6O6/c1-16(2)13-20(32-27(39)23(17(3)4)33-22(35)15-28)26(38)30-18(5)24(36)31-21(25(37)29-11-12-34)14-19-9-7-6-8-10-19/h6-10,12,16-18,20-21,23H,11,13-15,28H2,1-5H3,(H,29,37)(H,30,38)(H,31,36)(H,32,39)(H,33,35)/t18-,20-,21-,23-/m0/s1. The molecule has 0 aliphatic carbocycles. The molecule has 0 radical (unpaired) electrons. The quantitative estimate of drug-likeness (QED) is 0.146. The third kappa shape index (κ3) is 12.1. The van der Waals surface area contributed by atoms with Crippen LogP contribution in [0.5, 0.6) is 0 Å². The van der Waals surface area contributed by atoms with Crippen LogP contribution in [0.15, 0.2) is 30.3 Å². The van der Waals surface area contributed by atoms with Crippen LogP contribution < -0.4 is 32.3 Å². The lowest BCUT2D eigenvalue weighted by atomic mass is 9.99. The molecule has 0 saturated carbocycles. The van der Waals surface area contributed by atoms with E-state index in [-0.39, 0.29) is 37.8 Å².